The first-order valence-corrected chi connectivity index (χ1v) is 14.8. The molecule has 4 aromatic rings. The molecular formula is C26H30FN7O3S. The van der Waals surface area contributed by atoms with Crippen molar-refractivity contribution < 1.29 is 17.2 Å². The van der Waals surface area contributed by atoms with Crippen molar-refractivity contribution in [2.45, 2.75) is 51.5 Å². The van der Waals surface area contributed by atoms with Crippen LogP contribution in [0, 0.1) is 12.0 Å². The summed E-state index contributed by atoms with van der Waals surface area (Å²) in [7, 11) is -3.18. The van der Waals surface area contributed by atoms with Crippen molar-refractivity contribution in [2.24, 2.45) is 5.92 Å². The maximum atomic E-state index is 14.2. The highest BCUT2D eigenvalue weighted by molar-refractivity contribution is 7.88. The van der Waals surface area contributed by atoms with Gasteiger partial charge in [-0.1, -0.05) is 6.07 Å². The molecule has 2 N–H and O–H groups in total. The van der Waals surface area contributed by atoms with Crippen LogP contribution in [-0.4, -0.2) is 56.6 Å². The number of benzene rings is 1. The lowest BCUT2D eigenvalue weighted by atomic mass is 9.97. The van der Waals surface area contributed by atoms with E-state index in [9.17, 15) is 12.8 Å². The van der Waals surface area contributed by atoms with Gasteiger partial charge in [0.25, 0.3) is 0 Å². The second-order valence-electron chi connectivity index (χ2n) is 10.3. The van der Waals surface area contributed by atoms with Crippen LogP contribution in [0.25, 0.3) is 22.6 Å². The largest absolute Gasteiger partial charge is 0.445 e. The van der Waals surface area contributed by atoms with Crippen molar-refractivity contribution in [3.05, 3.63) is 53.2 Å². The van der Waals surface area contributed by atoms with Crippen LogP contribution in [0.3, 0.4) is 0 Å². The molecule has 1 saturated heterocycles. The number of imidazole rings is 1. The number of oxazole rings is 1. The summed E-state index contributed by atoms with van der Waals surface area (Å²) in [6, 6.07) is 4.37. The molecule has 1 aromatic carbocycles. The monoisotopic (exact) mass is 539 g/mol. The van der Waals surface area contributed by atoms with Crippen LogP contribution >= 0.6 is 0 Å². The first-order chi connectivity index (χ1) is 18.3. The first kappa shape index (κ1) is 24.9. The highest BCUT2D eigenvalue weighted by atomic mass is 32.2. The van der Waals surface area contributed by atoms with Gasteiger partial charge in [-0.2, -0.15) is 14.4 Å². The van der Waals surface area contributed by atoms with E-state index in [-0.39, 0.29) is 11.7 Å². The van der Waals surface area contributed by atoms with Crippen LogP contribution in [-0.2, 0) is 35.8 Å². The summed E-state index contributed by atoms with van der Waals surface area (Å²) in [4.78, 5) is 16.9. The van der Waals surface area contributed by atoms with E-state index in [0.29, 0.717) is 48.9 Å². The fraction of sp³-hybridized carbons (Fsp3) is 0.462. The van der Waals surface area contributed by atoms with Crippen LogP contribution in [0.2, 0.25) is 0 Å². The first-order valence-electron chi connectivity index (χ1n) is 12.9. The van der Waals surface area contributed by atoms with E-state index >= 15 is 0 Å². The van der Waals surface area contributed by atoms with Crippen LogP contribution in [0.1, 0.15) is 48.2 Å². The second kappa shape index (κ2) is 9.73. The van der Waals surface area contributed by atoms with Gasteiger partial charge in [-0.15, -0.1) is 0 Å². The molecule has 0 spiro atoms. The highest BCUT2D eigenvalue weighted by Crippen LogP contribution is 2.33. The lowest BCUT2D eigenvalue weighted by molar-refractivity contribution is 0.433. The van der Waals surface area contributed by atoms with Gasteiger partial charge in [-0.25, -0.2) is 22.7 Å². The van der Waals surface area contributed by atoms with Crippen LogP contribution in [0.15, 0.2) is 29.0 Å². The minimum atomic E-state index is -3.18. The summed E-state index contributed by atoms with van der Waals surface area (Å²) in [5.41, 5.74) is 11.4. The molecule has 0 radical (unpaired) electrons. The van der Waals surface area contributed by atoms with Gasteiger partial charge in [0, 0.05) is 31.6 Å². The van der Waals surface area contributed by atoms with Crippen molar-refractivity contribution in [1.82, 2.24) is 28.8 Å². The zero-order valence-electron chi connectivity index (χ0n) is 21.2. The lowest BCUT2D eigenvalue weighted by Gasteiger charge is -2.15. The lowest BCUT2D eigenvalue weighted by Crippen LogP contribution is -2.27. The third-order valence-corrected chi connectivity index (χ3v) is 8.98. The van der Waals surface area contributed by atoms with E-state index in [1.165, 1.54) is 21.7 Å². The number of nitrogens with two attached hydrogens (primary N) is 1. The standard InChI is InChI=1S/C26H30FN7O3S/c1-38(35,36)33-10-7-16(15-33)4-3-9-34-21(30-22-23(28)31-26(27)32-24(22)34)14-19-12-17-5-2-6-18(17)13-20(19)25-29-8-11-37-25/h8,11-13,16H,2-7,9-10,14-15H2,1H3,(H2,28,31,32). The molecule has 200 valence electrons. The van der Waals surface area contributed by atoms with Gasteiger partial charge in [0.2, 0.25) is 15.9 Å². The Morgan fingerprint density at radius 3 is 2.74 bits per heavy atom. The number of nitrogen functional groups attached to an aromatic ring is 1. The maximum Gasteiger partial charge on any atom is 0.312 e. The molecule has 10 nitrogen and oxygen atoms in total. The highest BCUT2D eigenvalue weighted by Gasteiger charge is 2.28. The van der Waals surface area contributed by atoms with Crippen molar-refractivity contribution >= 4 is 27.0 Å². The van der Waals surface area contributed by atoms with E-state index in [1.54, 1.807) is 12.5 Å². The van der Waals surface area contributed by atoms with Gasteiger partial charge in [0.1, 0.15) is 12.1 Å². The summed E-state index contributed by atoms with van der Waals surface area (Å²) >= 11 is 0. The van der Waals surface area contributed by atoms with Crippen molar-refractivity contribution in [1.29, 1.82) is 0 Å². The molecule has 1 aliphatic carbocycles. The molecule has 2 aliphatic rings. The van der Waals surface area contributed by atoms with E-state index in [1.807, 2.05) is 4.57 Å². The molecule has 1 atom stereocenters. The summed E-state index contributed by atoms with van der Waals surface area (Å²) in [6.07, 6.45) is 9.65. The number of sulfonamides is 1. The number of fused-ring (bicyclic) bond motifs is 2. The Kier molecular flexibility index (Phi) is 6.39. The van der Waals surface area contributed by atoms with Gasteiger partial charge in [-0.05, 0) is 67.2 Å². The predicted octanol–water partition coefficient (Wildman–Crippen LogP) is 3.34. The Morgan fingerprint density at radius 2 is 2.00 bits per heavy atom. The van der Waals surface area contributed by atoms with Gasteiger partial charge >= 0.3 is 6.08 Å². The maximum absolute atomic E-state index is 14.2. The van der Waals surface area contributed by atoms with Crippen molar-refractivity contribution in [3.63, 3.8) is 0 Å². The summed E-state index contributed by atoms with van der Waals surface area (Å²) in [5, 5.41) is 0. The third kappa shape index (κ3) is 4.78. The molecule has 6 rings (SSSR count). The number of halogens is 1. The van der Waals surface area contributed by atoms with E-state index < -0.39 is 16.1 Å². The molecule has 0 saturated carbocycles. The van der Waals surface area contributed by atoms with Crippen molar-refractivity contribution in [2.75, 3.05) is 25.1 Å². The SMILES string of the molecule is CS(=O)(=O)N1CCC(CCCn2c(Cc3cc4c(cc3-c3ncco3)CCC4)nc3c(N)nc(F)nc32)C1. The fourth-order valence-electron chi connectivity index (χ4n) is 5.83. The summed E-state index contributed by atoms with van der Waals surface area (Å²) in [6.45, 7) is 1.64. The fourth-order valence-corrected chi connectivity index (χ4v) is 6.75. The van der Waals surface area contributed by atoms with E-state index in [2.05, 4.69) is 27.1 Å². The van der Waals surface area contributed by atoms with Crippen molar-refractivity contribution in [3.8, 4) is 11.5 Å². The van der Waals surface area contributed by atoms with E-state index in [0.717, 1.165) is 49.7 Å². The smallest absolute Gasteiger partial charge is 0.312 e. The molecule has 0 bridgehead atoms. The molecule has 4 heterocycles. The quantitative estimate of drug-likeness (QED) is 0.337. The summed E-state index contributed by atoms with van der Waals surface area (Å²) < 4.78 is 47.1. The van der Waals surface area contributed by atoms with Gasteiger partial charge in [-0.3, -0.25) is 0 Å². The topological polar surface area (TPSA) is 133 Å². The van der Waals surface area contributed by atoms with Crippen LogP contribution in [0.5, 0.6) is 0 Å². The second-order valence-corrected chi connectivity index (χ2v) is 12.3. The molecule has 3 aromatic heterocycles. The zero-order chi connectivity index (χ0) is 26.4. The Hall–Kier alpha value is -3.38. The average Bonchev–Trinajstić information content (AvgIpc) is 3.66. The number of aromatic nitrogens is 5. The number of nitrogens with zero attached hydrogens (tertiary/aromatic N) is 6. The van der Waals surface area contributed by atoms with Crippen LogP contribution < -0.4 is 5.73 Å². The summed E-state index contributed by atoms with van der Waals surface area (Å²) in [5.74, 6) is 1.56. The van der Waals surface area contributed by atoms with Gasteiger partial charge in [0.15, 0.2) is 17.0 Å². The molecule has 12 heteroatoms. The average molecular weight is 540 g/mol. The predicted molar refractivity (Wildman–Crippen MR) is 140 cm³/mol. The number of hydrogen-bond acceptors (Lipinski definition) is 8. The number of aryl methyl sites for hydroxylation is 3. The molecule has 38 heavy (non-hydrogen) atoms. The number of hydrogen-bond donors (Lipinski definition) is 1. The number of rotatable bonds is 8. The molecule has 1 fully saturated rings. The Morgan fingerprint density at radius 1 is 1.18 bits per heavy atom. The minimum Gasteiger partial charge on any atom is -0.445 e. The minimum absolute atomic E-state index is 0.00830. The Labute approximate surface area is 220 Å². The number of anilines is 1. The third-order valence-electron chi connectivity index (χ3n) is 7.71. The molecule has 1 unspecified atom stereocenters. The molecule has 1 aliphatic heterocycles. The van der Waals surface area contributed by atoms with Gasteiger partial charge < -0.3 is 14.7 Å². The molecular weight excluding hydrogens is 509 g/mol. The van der Waals surface area contributed by atoms with Gasteiger partial charge in [0.05, 0.1) is 12.5 Å². The zero-order valence-corrected chi connectivity index (χ0v) is 22.0. The van der Waals surface area contributed by atoms with Crippen LogP contribution in [0.4, 0.5) is 10.2 Å². The molecule has 0 amide bonds. The normalized spacial score (nSPS) is 18.0. The van der Waals surface area contributed by atoms with E-state index in [4.69, 9.17) is 15.1 Å². The Bertz CT molecular complexity index is 1600. The Balaban J connectivity index is 1.32.